The first-order valence-electron chi connectivity index (χ1n) is 8.78. The van der Waals surface area contributed by atoms with E-state index < -0.39 is 0 Å². The first kappa shape index (κ1) is 16.9. The zero-order valence-corrected chi connectivity index (χ0v) is 14.7. The van der Waals surface area contributed by atoms with Gasteiger partial charge in [0.05, 0.1) is 18.8 Å². The number of carbonyl (C=O) groups excluding carboxylic acids is 1. The number of likely N-dealkylation sites (tertiary alicyclic amines) is 1. The van der Waals surface area contributed by atoms with Crippen LogP contribution in [0.15, 0.2) is 30.3 Å². The molecule has 1 aliphatic rings. The van der Waals surface area contributed by atoms with Gasteiger partial charge in [-0.3, -0.25) is 4.79 Å². The van der Waals surface area contributed by atoms with Crippen LogP contribution in [0.25, 0.3) is 5.69 Å². The van der Waals surface area contributed by atoms with Crippen molar-refractivity contribution in [2.75, 3.05) is 19.6 Å². The van der Waals surface area contributed by atoms with Gasteiger partial charge in [0.25, 0.3) is 0 Å². The third-order valence-corrected chi connectivity index (χ3v) is 5.22. The van der Waals surface area contributed by atoms with Crippen LogP contribution in [0.4, 0.5) is 4.39 Å². The molecule has 1 fully saturated rings. The fourth-order valence-electron chi connectivity index (χ4n) is 3.72. The van der Waals surface area contributed by atoms with E-state index in [-0.39, 0.29) is 11.6 Å². The molecular weight excluding hydrogens is 303 g/mol. The molecule has 1 aromatic carbocycles. The average molecular weight is 329 g/mol. The van der Waals surface area contributed by atoms with Gasteiger partial charge in [0.2, 0.25) is 5.78 Å². The minimum atomic E-state index is -0.269. The Kier molecular flexibility index (Phi) is 4.86. The van der Waals surface area contributed by atoms with Gasteiger partial charge in [-0.1, -0.05) is 19.1 Å². The highest BCUT2D eigenvalue weighted by atomic mass is 19.1. The summed E-state index contributed by atoms with van der Waals surface area (Å²) < 4.78 is 16.0. The summed E-state index contributed by atoms with van der Waals surface area (Å²) in [4.78, 5) is 14.1. The zero-order valence-electron chi connectivity index (χ0n) is 14.7. The first-order chi connectivity index (χ1) is 11.5. The molecule has 3 rings (SSSR count). The molecule has 3 nitrogen and oxygen atoms in total. The monoisotopic (exact) mass is 329 g/mol. The topological polar surface area (TPSA) is 26.4 Å². The van der Waals surface area contributed by atoms with Crippen molar-refractivity contribution in [1.29, 1.82) is 0 Å². The molecule has 2 aromatic rings. The molecule has 0 spiro atoms. The molecule has 1 aliphatic heterocycles. The Labute approximate surface area is 143 Å². The van der Waals surface area contributed by atoms with Gasteiger partial charge in [-0.05, 0) is 50.8 Å². The predicted octanol–water partition coefficient (Wildman–Crippen LogP) is 2.73. The summed E-state index contributed by atoms with van der Waals surface area (Å²) in [5.74, 6) is 0.666. The van der Waals surface area contributed by atoms with Crippen LogP contribution < -0.4 is 4.90 Å². The SMILES string of the molecule is Cc1cc(C(=O)C[NH+]2CCC(C)CC2)c(C)n1-c1ccccc1F. The molecule has 0 unspecified atom stereocenters. The van der Waals surface area contributed by atoms with E-state index in [1.165, 1.54) is 23.8 Å². The number of nitrogens with zero attached hydrogens (tertiary/aromatic N) is 1. The highest BCUT2D eigenvalue weighted by molar-refractivity contribution is 5.98. The standard InChI is InChI=1S/C20H25FN2O/c1-14-8-10-22(11-9-14)13-20(24)17-12-15(2)23(16(17)3)19-7-5-4-6-18(19)21/h4-7,12,14H,8-11,13H2,1-3H3/p+1. The maximum absolute atomic E-state index is 14.1. The highest BCUT2D eigenvalue weighted by Gasteiger charge is 2.24. The highest BCUT2D eigenvalue weighted by Crippen LogP contribution is 2.23. The summed E-state index contributed by atoms with van der Waals surface area (Å²) in [6.07, 6.45) is 2.38. The molecule has 0 atom stereocenters. The summed E-state index contributed by atoms with van der Waals surface area (Å²) in [5.41, 5.74) is 2.95. The van der Waals surface area contributed by atoms with Crippen LogP contribution in [0.5, 0.6) is 0 Å². The minimum Gasteiger partial charge on any atom is -0.328 e. The quantitative estimate of drug-likeness (QED) is 0.858. The molecule has 128 valence electrons. The van der Waals surface area contributed by atoms with E-state index in [4.69, 9.17) is 0 Å². The summed E-state index contributed by atoms with van der Waals surface area (Å²) in [7, 11) is 0. The van der Waals surface area contributed by atoms with Crippen molar-refractivity contribution >= 4 is 5.78 Å². The van der Waals surface area contributed by atoms with Gasteiger partial charge >= 0.3 is 0 Å². The molecule has 0 amide bonds. The summed E-state index contributed by atoms with van der Waals surface area (Å²) in [6.45, 7) is 8.78. The molecule has 1 saturated heterocycles. The number of para-hydroxylation sites is 1. The van der Waals surface area contributed by atoms with Crippen molar-refractivity contribution in [2.45, 2.75) is 33.6 Å². The number of carbonyl (C=O) groups is 1. The van der Waals surface area contributed by atoms with Crippen molar-refractivity contribution < 1.29 is 14.1 Å². The van der Waals surface area contributed by atoms with Crippen LogP contribution in [0.3, 0.4) is 0 Å². The Morgan fingerprint density at radius 3 is 2.58 bits per heavy atom. The Bertz CT molecular complexity index is 742. The number of ketones is 1. The van der Waals surface area contributed by atoms with Crippen LogP contribution in [0, 0.1) is 25.6 Å². The number of aryl methyl sites for hydroxylation is 1. The number of Topliss-reactive ketones (excluding diaryl/α,β-unsaturated/α-hetero) is 1. The first-order valence-corrected chi connectivity index (χ1v) is 8.78. The number of halogens is 1. The number of rotatable bonds is 4. The van der Waals surface area contributed by atoms with Gasteiger partial charge in [-0.2, -0.15) is 0 Å². The average Bonchev–Trinajstić information content (AvgIpc) is 2.85. The molecule has 0 bridgehead atoms. The molecule has 0 aliphatic carbocycles. The maximum atomic E-state index is 14.1. The molecule has 1 N–H and O–H groups in total. The van der Waals surface area contributed by atoms with Gasteiger partial charge in [-0.15, -0.1) is 0 Å². The van der Waals surface area contributed by atoms with Gasteiger partial charge in [0.15, 0.2) is 0 Å². The van der Waals surface area contributed by atoms with E-state index in [0.29, 0.717) is 12.2 Å². The normalized spacial score (nSPS) is 21.0. The molecule has 4 heteroatoms. The van der Waals surface area contributed by atoms with E-state index >= 15 is 0 Å². The fraction of sp³-hybridized carbons (Fsp3) is 0.450. The lowest BCUT2D eigenvalue weighted by molar-refractivity contribution is -0.897. The van der Waals surface area contributed by atoms with E-state index in [1.807, 2.05) is 30.5 Å². The largest absolute Gasteiger partial charge is 0.328 e. The van der Waals surface area contributed by atoms with Crippen molar-refractivity contribution in [2.24, 2.45) is 5.92 Å². The van der Waals surface area contributed by atoms with Crippen molar-refractivity contribution in [3.8, 4) is 5.69 Å². The predicted molar refractivity (Wildman–Crippen MR) is 93.5 cm³/mol. The van der Waals surface area contributed by atoms with Crippen LogP contribution in [0.2, 0.25) is 0 Å². The number of aromatic nitrogens is 1. The lowest BCUT2D eigenvalue weighted by Gasteiger charge is -2.26. The molecule has 24 heavy (non-hydrogen) atoms. The number of piperidine rings is 1. The smallest absolute Gasteiger partial charge is 0.218 e. The van der Waals surface area contributed by atoms with Gasteiger partial charge in [0, 0.05) is 17.0 Å². The molecular formula is C20H26FN2O+. The van der Waals surface area contributed by atoms with E-state index in [2.05, 4.69) is 6.92 Å². The van der Waals surface area contributed by atoms with Crippen molar-refractivity contribution in [3.63, 3.8) is 0 Å². The van der Waals surface area contributed by atoms with Gasteiger partial charge in [-0.25, -0.2) is 4.39 Å². The summed E-state index contributed by atoms with van der Waals surface area (Å²) in [5, 5.41) is 0. The number of nitrogens with one attached hydrogen (secondary N) is 1. The molecule has 0 radical (unpaired) electrons. The van der Waals surface area contributed by atoms with Crippen molar-refractivity contribution in [3.05, 3.63) is 53.1 Å². The fourth-order valence-corrected chi connectivity index (χ4v) is 3.72. The third kappa shape index (κ3) is 3.29. The van der Waals surface area contributed by atoms with Crippen molar-refractivity contribution in [1.82, 2.24) is 4.57 Å². The molecule has 2 heterocycles. The lowest BCUT2D eigenvalue weighted by Crippen LogP contribution is -3.13. The number of benzene rings is 1. The van der Waals surface area contributed by atoms with Crippen LogP contribution in [-0.2, 0) is 0 Å². The second-order valence-corrected chi connectivity index (χ2v) is 7.10. The second-order valence-electron chi connectivity index (χ2n) is 7.10. The third-order valence-electron chi connectivity index (χ3n) is 5.22. The second kappa shape index (κ2) is 6.89. The zero-order chi connectivity index (χ0) is 17.3. The molecule has 1 aromatic heterocycles. The van der Waals surface area contributed by atoms with Crippen LogP contribution in [0.1, 0.15) is 41.5 Å². The number of hydrogen-bond donors (Lipinski definition) is 1. The summed E-state index contributed by atoms with van der Waals surface area (Å²) >= 11 is 0. The lowest BCUT2D eigenvalue weighted by atomic mass is 9.99. The number of hydrogen-bond acceptors (Lipinski definition) is 1. The van der Waals surface area contributed by atoms with Crippen LogP contribution >= 0.6 is 0 Å². The Morgan fingerprint density at radius 2 is 1.92 bits per heavy atom. The number of quaternary nitrogens is 1. The Hall–Kier alpha value is -1.94. The Morgan fingerprint density at radius 1 is 1.25 bits per heavy atom. The molecule has 0 saturated carbocycles. The van der Waals surface area contributed by atoms with E-state index in [1.54, 1.807) is 12.1 Å². The van der Waals surface area contributed by atoms with E-state index in [9.17, 15) is 9.18 Å². The van der Waals surface area contributed by atoms with Gasteiger partial charge < -0.3 is 9.47 Å². The van der Waals surface area contributed by atoms with E-state index in [0.717, 1.165) is 36.0 Å². The van der Waals surface area contributed by atoms with Crippen LogP contribution in [-0.4, -0.2) is 30.0 Å². The Balaban J connectivity index is 1.84. The summed E-state index contributed by atoms with van der Waals surface area (Å²) in [6, 6.07) is 8.60. The van der Waals surface area contributed by atoms with Gasteiger partial charge in [0.1, 0.15) is 12.4 Å². The maximum Gasteiger partial charge on any atom is 0.218 e. The minimum absolute atomic E-state index is 0.162.